The number of halogens is 1. The first kappa shape index (κ1) is 30.9. The minimum absolute atomic E-state index is 0.00107. The lowest BCUT2D eigenvalue weighted by Crippen LogP contribution is -2.44. The predicted molar refractivity (Wildman–Crippen MR) is 174 cm³/mol. The molecule has 6 rings (SSSR count). The van der Waals surface area contributed by atoms with Crippen molar-refractivity contribution in [3.63, 3.8) is 0 Å². The van der Waals surface area contributed by atoms with Crippen LogP contribution in [-0.4, -0.2) is 64.1 Å². The van der Waals surface area contributed by atoms with Crippen molar-refractivity contribution in [3.8, 4) is 5.75 Å². The number of carbonyl (C=O) groups is 2. The monoisotopic (exact) mass is 630 g/mol. The molecule has 11 heteroatoms. The van der Waals surface area contributed by atoms with Crippen molar-refractivity contribution < 1.29 is 19.4 Å². The van der Waals surface area contributed by atoms with Crippen molar-refractivity contribution in [1.82, 2.24) is 20.2 Å². The van der Waals surface area contributed by atoms with Crippen molar-refractivity contribution >= 4 is 46.8 Å². The second-order valence-corrected chi connectivity index (χ2v) is 12.3. The van der Waals surface area contributed by atoms with Gasteiger partial charge >= 0.3 is 0 Å². The first-order valence-corrected chi connectivity index (χ1v) is 16.1. The van der Waals surface area contributed by atoms with E-state index in [4.69, 9.17) is 16.3 Å². The highest BCUT2D eigenvalue weighted by atomic mass is 35.5. The van der Waals surface area contributed by atoms with Crippen LogP contribution < -0.4 is 20.7 Å². The van der Waals surface area contributed by atoms with Crippen LogP contribution in [0.3, 0.4) is 0 Å². The standard InChI is InChI=1S/C34H39ClN6O4/c35-28-19-25(10-11-30(28)45-26-13-16-41(17-14-26)34(44)23-8-4-5-9-23)40-32-27-18-24(12-15-36-31(27)38-21-39-32)33(43)37-20-29(42)22-6-2-1-3-7-22/h1-3,6-7,10-11,18-19,21,23,26,29,42H,4-5,8-9,12-17,20H2,(H,37,43)(H2,36,38,39,40). The summed E-state index contributed by atoms with van der Waals surface area (Å²) >= 11 is 6.66. The molecule has 1 aromatic heterocycles. The first-order valence-electron chi connectivity index (χ1n) is 15.8. The van der Waals surface area contributed by atoms with E-state index in [1.807, 2.05) is 47.4 Å². The van der Waals surface area contributed by atoms with Crippen molar-refractivity contribution in [2.75, 3.05) is 36.8 Å². The highest BCUT2D eigenvalue weighted by Gasteiger charge is 2.30. The van der Waals surface area contributed by atoms with Crippen LogP contribution in [0.25, 0.3) is 6.08 Å². The van der Waals surface area contributed by atoms with Gasteiger partial charge in [-0.2, -0.15) is 0 Å². The second kappa shape index (κ2) is 14.3. The largest absolute Gasteiger partial charge is 0.489 e. The van der Waals surface area contributed by atoms with E-state index in [0.717, 1.165) is 44.1 Å². The lowest BCUT2D eigenvalue weighted by Gasteiger charge is -2.33. The lowest BCUT2D eigenvalue weighted by molar-refractivity contribution is -0.137. The zero-order valence-electron chi connectivity index (χ0n) is 25.2. The number of aromatic nitrogens is 2. The maximum atomic E-state index is 13.1. The van der Waals surface area contributed by atoms with Crippen LogP contribution in [-0.2, 0) is 9.59 Å². The number of hydrogen-bond acceptors (Lipinski definition) is 8. The van der Waals surface area contributed by atoms with E-state index < -0.39 is 6.10 Å². The fourth-order valence-electron chi connectivity index (χ4n) is 6.23. The molecule has 2 aliphatic heterocycles. The Morgan fingerprint density at radius 2 is 1.84 bits per heavy atom. The van der Waals surface area contributed by atoms with E-state index in [1.54, 1.807) is 12.1 Å². The fourth-order valence-corrected chi connectivity index (χ4v) is 6.45. The number of ether oxygens (including phenoxy) is 1. The zero-order chi connectivity index (χ0) is 31.2. The van der Waals surface area contributed by atoms with E-state index in [1.165, 1.54) is 6.33 Å². The topological polar surface area (TPSA) is 129 Å². The lowest BCUT2D eigenvalue weighted by atomic mass is 10.0. The van der Waals surface area contributed by atoms with Gasteiger partial charge in [0.15, 0.2) is 0 Å². The predicted octanol–water partition coefficient (Wildman–Crippen LogP) is 5.48. The number of aliphatic hydroxyl groups is 1. The van der Waals surface area contributed by atoms with Gasteiger partial charge in [0, 0.05) is 56.2 Å². The molecule has 10 nitrogen and oxygen atoms in total. The summed E-state index contributed by atoms with van der Waals surface area (Å²) in [7, 11) is 0. The van der Waals surface area contributed by atoms with Gasteiger partial charge in [0.05, 0.1) is 16.7 Å². The molecular weight excluding hydrogens is 592 g/mol. The van der Waals surface area contributed by atoms with Gasteiger partial charge in [-0.05, 0) is 49.1 Å². The molecule has 0 spiro atoms. The molecule has 2 fully saturated rings. The Hall–Kier alpha value is -4.15. The number of rotatable bonds is 9. The van der Waals surface area contributed by atoms with Crippen LogP contribution in [0.4, 0.5) is 17.3 Å². The Kier molecular flexibility index (Phi) is 9.81. The number of aliphatic hydroxyl groups excluding tert-OH is 1. The van der Waals surface area contributed by atoms with Gasteiger partial charge in [0.25, 0.3) is 0 Å². The number of nitrogens with zero attached hydrogens (tertiary/aromatic N) is 3. The number of benzene rings is 2. The molecule has 236 valence electrons. The van der Waals surface area contributed by atoms with E-state index >= 15 is 0 Å². The fraction of sp³-hybridized carbons (Fsp3) is 0.412. The molecule has 2 aromatic carbocycles. The molecule has 3 aromatic rings. The number of nitrogens with one attached hydrogen (secondary N) is 3. The maximum Gasteiger partial charge on any atom is 0.247 e. The number of fused-ring (bicyclic) bond motifs is 1. The van der Waals surface area contributed by atoms with Gasteiger partial charge < -0.3 is 30.7 Å². The van der Waals surface area contributed by atoms with Crippen LogP contribution in [0.1, 0.15) is 62.2 Å². The summed E-state index contributed by atoms with van der Waals surface area (Å²) in [6.07, 6.45) is 8.84. The van der Waals surface area contributed by atoms with Crippen LogP contribution in [0.2, 0.25) is 5.02 Å². The van der Waals surface area contributed by atoms with Crippen LogP contribution in [0, 0.1) is 5.92 Å². The van der Waals surface area contributed by atoms with Crippen LogP contribution in [0.5, 0.6) is 5.75 Å². The quantitative estimate of drug-likeness (QED) is 0.245. The van der Waals surface area contributed by atoms with Crippen LogP contribution in [0.15, 0.2) is 60.4 Å². The second-order valence-electron chi connectivity index (χ2n) is 11.9. The van der Waals surface area contributed by atoms with Crippen molar-refractivity contribution in [3.05, 3.63) is 76.6 Å². The minimum atomic E-state index is -0.803. The smallest absolute Gasteiger partial charge is 0.247 e. The Morgan fingerprint density at radius 1 is 1.07 bits per heavy atom. The minimum Gasteiger partial charge on any atom is -0.489 e. The molecule has 1 saturated carbocycles. The SMILES string of the molecule is O=C(NCC(O)c1ccccc1)C1=Cc2c(ncnc2Nc2ccc(OC3CCN(C(=O)C4CCCC4)CC3)c(Cl)c2)NCC1. The van der Waals surface area contributed by atoms with Crippen LogP contribution >= 0.6 is 11.6 Å². The highest BCUT2D eigenvalue weighted by Crippen LogP contribution is 2.34. The van der Waals surface area contributed by atoms with Gasteiger partial charge in [-0.3, -0.25) is 9.59 Å². The Labute approximate surface area is 268 Å². The summed E-state index contributed by atoms with van der Waals surface area (Å²) in [6, 6.07) is 14.7. The number of hydrogen-bond donors (Lipinski definition) is 4. The van der Waals surface area contributed by atoms with E-state index in [9.17, 15) is 14.7 Å². The van der Waals surface area contributed by atoms with E-state index in [-0.39, 0.29) is 24.5 Å². The number of carbonyl (C=O) groups excluding carboxylic acids is 2. The van der Waals surface area contributed by atoms with Crippen molar-refractivity contribution in [1.29, 1.82) is 0 Å². The molecule has 2 amide bonds. The third-order valence-electron chi connectivity index (χ3n) is 8.77. The Morgan fingerprint density at radius 3 is 2.60 bits per heavy atom. The maximum absolute atomic E-state index is 13.1. The molecule has 1 unspecified atom stereocenters. The Bertz CT molecular complexity index is 1540. The molecular formula is C34H39ClN6O4. The summed E-state index contributed by atoms with van der Waals surface area (Å²) in [5.74, 6) is 1.99. The van der Waals surface area contributed by atoms with Crippen molar-refractivity contribution in [2.24, 2.45) is 5.92 Å². The summed E-state index contributed by atoms with van der Waals surface area (Å²) in [4.78, 5) is 36.7. The van der Waals surface area contributed by atoms with Gasteiger partial charge in [-0.1, -0.05) is 54.8 Å². The molecule has 1 aliphatic carbocycles. The molecule has 1 saturated heterocycles. The van der Waals surface area contributed by atoms with Crippen molar-refractivity contribution in [2.45, 2.75) is 57.2 Å². The molecule has 4 N–H and O–H groups in total. The number of amides is 2. The van der Waals surface area contributed by atoms with E-state index in [2.05, 4.69) is 25.9 Å². The summed E-state index contributed by atoms with van der Waals surface area (Å²) in [5.41, 5.74) is 2.65. The van der Waals surface area contributed by atoms with E-state index in [0.29, 0.717) is 71.2 Å². The highest BCUT2D eigenvalue weighted by molar-refractivity contribution is 6.32. The van der Waals surface area contributed by atoms with Gasteiger partial charge in [-0.25, -0.2) is 9.97 Å². The van der Waals surface area contributed by atoms with Gasteiger partial charge in [-0.15, -0.1) is 0 Å². The average molecular weight is 631 g/mol. The first-order chi connectivity index (χ1) is 21.9. The third kappa shape index (κ3) is 7.57. The summed E-state index contributed by atoms with van der Waals surface area (Å²) < 4.78 is 6.26. The third-order valence-corrected chi connectivity index (χ3v) is 9.06. The molecule has 3 heterocycles. The Balaban J connectivity index is 1.08. The van der Waals surface area contributed by atoms with Gasteiger partial charge in [0.2, 0.25) is 11.8 Å². The molecule has 1 atom stereocenters. The number of piperidine rings is 1. The molecule has 0 radical (unpaired) electrons. The molecule has 45 heavy (non-hydrogen) atoms. The summed E-state index contributed by atoms with van der Waals surface area (Å²) in [6.45, 7) is 2.05. The summed E-state index contributed by atoms with van der Waals surface area (Å²) in [5, 5.41) is 20.4. The number of likely N-dealkylation sites (tertiary alicyclic amines) is 1. The zero-order valence-corrected chi connectivity index (χ0v) is 25.9. The normalized spacial score (nSPS) is 17.8. The number of anilines is 3. The molecule has 3 aliphatic rings. The van der Waals surface area contributed by atoms with Gasteiger partial charge in [0.1, 0.15) is 29.8 Å². The molecule has 0 bridgehead atoms. The average Bonchev–Trinajstić information content (AvgIpc) is 3.52.